The van der Waals surface area contributed by atoms with Gasteiger partial charge in [0, 0.05) is 27.7 Å². The van der Waals surface area contributed by atoms with Crippen molar-refractivity contribution in [1.29, 1.82) is 0 Å². The van der Waals surface area contributed by atoms with Crippen molar-refractivity contribution in [2.75, 3.05) is 5.73 Å². The molecule has 0 aliphatic heterocycles. The van der Waals surface area contributed by atoms with Gasteiger partial charge in [0.25, 0.3) is 0 Å². The van der Waals surface area contributed by atoms with Gasteiger partial charge in [-0.25, -0.2) is 19.6 Å². The van der Waals surface area contributed by atoms with Crippen molar-refractivity contribution in [3.8, 4) is 0 Å². The summed E-state index contributed by atoms with van der Waals surface area (Å²) in [4.78, 5) is 27.4. The van der Waals surface area contributed by atoms with Gasteiger partial charge in [0.1, 0.15) is 5.82 Å². The maximum Gasteiger partial charge on any atom is 0.490 e. The molecule has 1 aromatic carbocycles. The number of aromatic carboxylic acids is 1. The number of anilines is 1. The number of benzene rings is 1. The number of halogens is 5. The predicted molar refractivity (Wildman–Crippen MR) is 91.1 cm³/mol. The third kappa shape index (κ3) is 6.57. The first-order chi connectivity index (χ1) is 12.3. The summed E-state index contributed by atoms with van der Waals surface area (Å²) in [6, 6.07) is 5.14. The van der Waals surface area contributed by atoms with Crippen LogP contribution in [0, 0.1) is 6.92 Å². The fraction of sp³-hybridized carbons (Fsp3) is 0.200. The molecule has 7 nitrogen and oxygen atoms in total. The molecule has 0 unspecified atom stereocenters. The molecule has 0 radical (unpaired) electrons. The third-order valence-electron chi connectivity index (χ3n) is 3.06. The number of carbonyl (C=O) groups is 2. The summed E-state index contributed by atoms with van der Waals surface area (Å²) in [6.45, 7) is 1.68. The summed E-state index contributed by atoms with van der Waals surface area (Å²) in [5.41, 5.74) is 7.79. The number of nitrogens with zero attached hydrogens (tertiary/aromatic N) is 2. The van der Waals surface area contributed by atoms with E-state index in [1.54, 1.807) is 25.1 Å². The van der Waals surface area contributed by atoms with E-state index in [9.17, 15) is 18.0 Å². The van der Waals surface area contributed by atoms with Gasteiger partial charge in [-0.15, -0.1) is 0 Å². The Morgan fingerprint density at radius 1 is 1.19 bits per heavy atom. The highest BCUT2D eigenvalue weighted by atomic mass is 35.5. The summed E-state index contributed by atoms with van der Waals surface area (Å²) in [5.74, 6) is -4.14. The molecule has 1 aromatic heterocycles. The molecule has 0 amide bonds. The summed E-state index contributed by atoms with van der Waals surface area (Å²) < 4.78 is 31.7. The van der Waals surface area contributed by atoms with Gasteiger partial charge in [-0.1, -0.05) is 29.3 Å². The SMILES string of the molecule is Cc1nc(C(=O)O)nc(N)c1Cc1ccc(Cl)cc1Cl.O=C(O)C(F)(F)F. The van der Waals surface area contributed by atoms with Gasteiger partial charge in [-0.3, -0.25) is 0 Å². The van der Waals surface area contributed by atoms with E-state index < -0.39 is 18.1 Å². The van der Waals surface area contributed by atoms with E-state index in [1.165, 1.54) is 0 Å². The Balaban J connectivity index is 0.000000445. The summed E-state index contributed by atoms with van der Waals surface area (Å²) in [5, 5.41) is 17.1. The lowest BCUT2D eigenvalue weighted by atomic mass is 10.0. The zero-order valence-electron chi connectivity index (χ0n) is 13.5. The summed E-state index contributed by atoms with van der Waals surface area (Å²) in [7, 11) is 0. The van der Waals surface area contributed by atoms with E-state index in [2.05, 4.69) is 9.97 Å². The van der Waals surface area contributed by atoms with E-state index in [4.69, 9.17) is 43.9 Å². The Morgan fingerprint density at radius 3 is 2.15 bits per heavy atom. The van der Waals surface area contributed by atoms with Crippen molar-refractivity contribution < 1.29 is 33.0 Å². The van der Waals surface area contributed by atoms with Crippen molar-refractivity contribution >= 4 is 41.0 Å². The summed E-state index contributed by atoms with van der Waals surface area (Å²) in [6.07, 6.45) is -4.67. The molecule has 2 rings (SSSR count). The van der Waals surface area contributed by atoms with Crippen LogP contribution in [-0.4, -0.2) is 38.3 Å². The van der Waals surface area contributed by atoms with Gasteiger partial charge < -0.3 is 15.9 Å². The normalized spacial score (nSPS) is 10.7. The van der Waals surface area contributed by atoms with Crippen LogP contribution in [0.4, 0.5) is 19.0 Å². The fourth-order valence-electron chi connectivity index (χ4n) is 1.79. The lowest BCUT2D eigenvalue weighted by molar-refractivity contribution is -0.192. The minimum Gasteiger partial charge on any atom is -0.475 e. The smallest absolute Gasteiger partial charge is 0.475 e. The van der Waals surface area contributed by atoms with Gasteiger partial charge in [-0.2, -0.15) is 13.2 Å². The monoisotopic (exact) mass is 425 g/mol. The van der Waals surface area contributed by atoms with Crippen LogP contribution in [0.5, 0.6) is 0 Å². The van der Waals surface area contributed by atoms with Gasteiger partial charge in [-0.05, 0) is 24.6 Å². The van der Waals surface area contributed by atoms with Crippen LogP contribution in [0.3, 0.4) is 0 Å². The second-order valence-corrected chi connectivity index (χ2v) is 5.86. The van der Waals surface area contributed by atoms with Gasteiger partial charge in [0.05, 0.1) is 0 Å². The Morgan fingerprint density at radius 2 is 1.74 bits per heavy atom. The molecule has 0 saturated heterocycles. The first kappa shape index (κ1) is 22.5. The molecule has 12 heteroatoms. The molecular formula is C15H12Cl2F3N3O4. The number of carboxylic acids is 2. The van der Waals surface area contributed by atoms with E-state index >= 15 is 0 Å². The second-order valence-electron chi connectivity index (χ2n) is 5.02. The highest BCUT2D eigenvalue weighted by Crippen LogP contribution is 2.26. The van der Waals surface area contributed by atoms with Crippen molar-refractivity contribution in [2.45, 2.75) is 19.5 Å². The zero-order valence-corrected chi connectivity index (χ0v) is 15.0. The molecule has 0 aliphatic rings. The van der Waals surface area contributed by atoms with E-state index in [1.807, 2.05) is 0 Å². The number of rotatable bonds is 3. The number of aryl methyl sites for hydroxylation is 1. The van der Waals surface area contributed by atoms with E-state index in [0.29, 0.717) is 27.7 Å². The first-order valence-corrected chi connectivity index (χ1v) is 7.68. The topological polar surface area (TPSA) is 126 Å². The zero-order chi connectivity index (χ0) is 20.9. The lowest BCUT2D eigenvalue weighted by Gasteiger charge is -2.10. The first-order valence-electron chi connectivity index (χ1n) is 6.93. The van der Waals surface area contributed by atoms with Gasteiger partial charge in [0.2, 0.25) is 5.82 Å². The second kappa shape index (κ2) is 8.87. The fourth-order valence-corrected chi connectivity index (χ4v) is 2.26. The molecule has 146 valence electrons. The maximum atomic E-state index is 10.9. The molecule has 4 N–H and O–H groups in total. The largest absolute Gasteiger partial charge is 0.490 e. The molecule has 0 atom stereocenters. The van der Waals surface area contributed by atoms with Crippen LogP contribution >= 0.6 is 23.2 Å². The number of carboxylic acid groups (broad SMARTS) is 2. The average Bonchev–Trinajstić information content (AvgIpc) is 2.52. The van der Waals surface area contributed by atoms with Crippen LogP contribution in [0.15, 0.2) is 18.2 Å². The van der Waals surface area contributed by atoms with Crippen LogP contribution < -0.4 is 5.73 Å². The predicted octanol–water partition coefficient (Wildman–Crippen LogP) is 3.60. The molecule has 1 heterocycles. The standard InChI is InChI=1S/C13H11Cl2N3O2.C2HF3O2/c1-6-9(11(16)18-12(17-6)13(19)20)4-7-2-3-8(14)5-10(7)15;3-2(4,5)1(6)7/h2-3,5H,4H2,1H3,(H,19,20)(H2,16,17,18);(H,6,7). The van der Waals surface area contributed by atoms with Crippen LogP contribution in [0.2, 0.25) is 10.0 Å². The van der Waals surface area contributed by atoms with E-state index in [0.717, 1.165) is 5.56 Å². The molecule has 0 bridgehead atoms. The molecule has 0 spiro atoms. The molecule has 0 fully saturated rings. The summed E-state index contributed by atoms with van der Waals surface area (Å²) >= 11 is 11.9. The molecule has 27 heavy (non-hydrogen) atoms. The minimum absolute atomic E-state index is 0.140. The molecule has 0 saturated carbocycles. The quantitative estimate of drug-likeness (QED) is 0.685. The van der Waals surface area contributed by atoms with Gasteiger partial charge in [0.15, 0.2) is 0 Å². The van der Waals surface area contributed by atoms with Crippen molar-refractivity contribution in [3.63, 3.8) is 0 Å². The molecular weight excluding hydrogens is 414 g/mol. The Kier molecular flexibility index (Phi) is 7.37. The van der Waals surface area contributed by atoms with Crippen LogP contribution in [-0.2, 0) is 11.2 Å². The molecule has 2 aromatic rings. The van der Waals surface area contributed by atoms with Crippen LogP contribution in [0.25, 0.3) is 0 Å². The average molecular weight is 426 g/mol. The van der Waals surface area contributed by atoms with Crippen molar-refractivity contribution in [3.05, 3.63) is 50.9 Å². The number of nitrogens with two attached hydrogens (primary N) is 1. The number of nitrogen functional groups attached to an aromatic ring is 1. The number of aromatic nitrogens is 2. The van der Waals surface area contributed by atoms with Crippen molar-refractivity contribution in [2.24, 2.45) is 0 Å². The third-order valence-corrected chi connectivity index (χ3v) is 3.65. The molecule has 0 aliphatic carbocycles. The maximum absolute atomic E-state index is 10.9. The van der Waals surface area contributed by atoms with Crippen LogP contribution in [0.1, 0.15) is 27.4 Å². The highest BCUT2D eigenvalue weighted by Gasteiger charge is 2.38. The number of hydrogen-bond acceptors (Lipinski definition) is 5. The lowest BCUT2D eigenvalue weighted by Crippen LogP contribution is -2.21. The van der Waals surface area contributed by atoms with Crippen molar-refractivity contribution in [1.82, 2.24) is 9.97 Å². The van der Waals surface area contributed by atoms with E-state index in [-0.39, 0.29) is 11.6 Å². The Bertz CT molecular complexity index is 853. The number of aliphatic carboxylic acids is 1. The number of alkyl halides is 3. The minimum atomic E-state index is -5.08. The van der Waals surface area contributed by atoms with Gasteiger partial charge >= 0.3 is 18.1 Å². The Hall–Kier alpha value is -2.59. The number of hydrogen-bond donors (Lipinski definition) is 3. The highest BCUT2D eigenvalue weighted by molar-refractivity contribution is 6.35. The Labute approximate surface area is 160 Å².